The molecule has 1 aromatic rings. The van der Waals surface area contributed by atoms with Gasteiger partial charge in [0, 0.05) is 12.6 Å². The Hall–Kier alpha value is -0.410. The van der Waals surface area contributed by atoms with Gasteiger partial charge in [-0.1, -0.05) is 25.8 Å². The monoisotopic (exact) mass is 299 g/mol. The first-order valence-electron chi connectivity index (χ1n) is 6.32. The number of halogens is 2. The highest BCUT2D eigenvalue weighted by molar-refractivity contribution is 9.10. The molecule has 1 saturated carbocycles. The summed E-state index contributed by atoms with van der Waals surface area (Å²) in [6, 6.07) is 5.85. The SMILES string of the molecule is CC1CCCC(NCc2ccc(F)c(Br)c2)C1. The van der Waals surface area contributed by atoms with E-state index in [1.807, 2.05) is 12.1 Å². The molecule has 94 valence electrons. The van der Waals surface area contributed by atoms with E-state index in [0.29, 0.717) is 10.5 Å². The molecule has 0 aromatic heterocycles. The Morgan fingerprint density at radius 3 is 2.94 bits per heavy atom. The molecule has 0 aliphatic heterocycles. The van der Waals surface area contributed by atoms with Crippen LogP contribution in [0.1, 0.15) is 38.2 Å². The second kappa shape index (κ2) is 5.96. The average Bonchev–Trinajstić information content (AvgIpc) is 2.31. The molecule has 0 amide bonds. The molecule has 1 nitrogen and oxygen atoms in total. The lowest BCUT2D eigenvalue weighted by Crippen LogP contribution is -2.33. The quantitative estimate of drug-likeness (QED) is 0.879. The fourth-order valence-corrected chi connectivity index (χ4v) is 2.96. The van der Waals surface area contributed by atoms with Crippen molar-refractivity contribution in [1.29, 1.82) is 0 Å². The van der Waals surface area contributed by atoms with Gasteiger partial charge in [0.2, 0.25) is 0 Å². The third-order valence-electron chi connectivity index (χ3n) is 3.52. The highest BCUT2D eigenvalue weighted by atomic mass is 79.9. The molecule has 0 radical (unpaired) electrons. The first-order valence-corrected chi connectivity index (χ1v) is 7.12. The summed E-state index contributed by atoms with van der Waals surface area (Å²) in [5.74, 6) is 0.640. The Morgan fingerprint density at radius 2 is 2.24 bits per heavy atom. The van der Waals surface area contributed by atoms with E-state index in [1.165, 1.54) is 31.7 Å². The van der Waals surface area contributed by atoms with E-state index in [4.69, 9.17) is 0 Å². The standard InChI is InChI=1S/C14H19BrFN/c1-10-3-2-4-12(7-10)17-9-11-5-6-14(16)13(15)8-11/h5-6,8,10,12,17H,2-4,7,9H2,1H3. The molecule has 0 bridgehead atoms. The van der Waals surface area contributed by atoms with Crippen LogP contribution < -0.4 is 5.32 Å². The van der Waals surface area contributed by atoms with E-state index in [-0.39, 0.29) is 5.82 Å². The van der Waals surface area contributed by atoms with Gasteiger partial charge in [0.15, 0.2) is 0 Å². The van der Waals surface area contributed by atoms with Crippen LogP contribution in [0.15, 0.2) is 22.7 Å². The minimum Gasteiger partial charge on any atom is -0.310 e. The van der Waals surface area contributed by atoms with Gasteiger partial charge in [0.1, 0.15) is 5.82 Å². The third-order valence-corrected chi connectivity index (χ3v) is 4.12. The highest BCUT2D eigenvalue weighted by Gasteiger charge is 2.18. The Morgan fingerprint density at radius 1 is 1.41 bits per heavy atom. The predicted octanol–water partition coefficient (Wildman–Crippen LogP) is 4.26. The molecule has 1 aromatic carbocycles. The molecule has 1 aliphatic rings. The number of hydrogen-bond acceptors (Lipinski definition) is 1. The van der Waals surface area contributed by atoms with Crippen molar-refractivity contribution in [2.75, 3.05) is 0 Å². The minimum absolute atomic E-state index is 0.194. The van der Waals surface area contributed by atoms with Crippen molar-refractivity contribution in [1.82, 2.24) is 5.32 Å². The van der Waals surface area contributed by atoms with Gasteiger partial charge in [-0.15, -0.1) is 0 Å². The Kier molecular flexibility index (Phi) is 4.57. The molecule has 1 aliphatic carbocycles. The molecule has 2 atom stereocenters. The fourth-order valence-electron chi connectivity index (χ4n) is 2.53. The van der Waals surface area contributed by atoms with Crippen molar-refractivity contribution in [3.63, 3.8) is 0 Å². The van der Waals surface area contributed by atoms with E-state index in [1.54, 1.807) is 0 Å². The molecule has 2 unspecified atom stereocenters. The molecule has 0 spiro atoms. The van der Waals surface area contributed by atoms with Crippen molar-refractivity contribution < 1.29 is 4.39 Å². The molecule has 0 heterocycles. The smallest absolute Gasteiger partial charge is 0.137 e. The van der Waals surface area contributed by atoms with Gasteiger partial charge < -0.3 is 5.32 Å². The van der Waals surface area contributed by atoms with Crippen molar-refractivity contribution >= 4 is 15.9 Å². The van der Waals surface area contributed by atoms with E-state index >= 15 is 0 Å². The van der Waals surface area contributed by atoms with Crippen molar-refractivity contribution in [2.24, 2.45) is 5.92 Å². The van der Waals surface area contributed by atoms with Crippen LogP contribution in [-0.4, -0.2) is 6.04 Å². The van der Waals surface area contributed by atoms with E-state index in [9.17, 15) is 4.39 Å². The zero-order chi connectivity index (χ0) is 12.3. The van der Waals surface area contributed by atoms with Crippen molar-refractivity contribution in [3.05, 3.63) is 34.1 Å². The van der Waals surface area contributed by atoms with Crippen molar-refractivity contribution in [2.45, 2.75) is 45.2 Å². The van der Waals surface area contributed by atoms with Gasteiger partial charge in [-0.2, -0.15) is 0 Å². The zero-order valence-corrected chi connectivity index (χ0v) is 11.8. The second-order valence-corrected chi connectivity index (χ2v) is 5.95. The van der Waals surface area contributed by atoms with Crippen molar-refractivity contribution in [3.8, 4) is 0 Å². The predicted molar refractivity (Wildman–Crippen MR) is 72.4 cm³/mol. The van der Waals surface area contributed by atoms with E-state index in [0.717, 1.165) is 18.0 Å². The maximum atomic E-state index is 13.1. The van der Waals surface area contributed by atoms with Gasteiger partial charge in [0.05, 0.1) is 4.47 Å². The number of nitrogens with one attached hydrogen (secondary N) is 1. The van der Waals surface area contributed by atoms with Crippen LogP contribution in [0.25, 0.3) is 0 Å². The van der Waals surface area contributed by atoms with Gasteiger partial charge in [0.25, 0.3) is 0 Å². The molecule has 17 heavy (non-hydrogen) atoms. The maximum Gasteiger partial charge on any atom is 0.137 e. The first-order chi connectivity index (χ1) is 8.15. The summed E-state index contributed by atoms with van der Waals surface area (Å²) < 4.78 is 13.6. The molecular formula is C14H19BrFN. The largest absolute Gasteiger partial charge is 0.310 e. The minimum atomic E-state index is -0.194. The van der Waals surface area contributed by atoms with E-state index in [2.05, 4.69) is 28.2 Å². The van der Waals surface area contributed by atoms with Gasteiger partial charge in [-0.05, 0) is 52.4 Å². The van der Waals surface area contributed by atoms with Gasteiger partial charge >= 0.3 is 0 Å². The summed E-state index contributed by atoms with van der Waals surface area (Å²) in [5, 5.41) is 3.57. The summed E-state index contributed by atoms with van der Waals surface area (Å²) >= 11 is 3.22. The average molecular weight is 300 g/mol. The summed E-state index contributed by atoms with van der Waals surface area (Å²) in [4.78, 5) is 0. The third kappa shape index (κ3) is 3.78. The van der Waals surface area contributed by atoms with Crippen LogP contribution in [0, 0.1) is 11.7 Å². The Bertz CT molecular complexity index is 380. The molecule has 1 N–H and O–H groups in total. The topological polar surface area (TPSA) is 12.0 Å². The van der Waals surface area contributed by atoms with Crippen LogP contribution >= 0.6 is 15.9 Å². The molecule has 2 rings (SSSR count). The summed E-state index contributed by atoms with van der Waals surface area (Å²) in [5.41, 5.74) is 1.14. The number of rotatable bonds is 3. The Labute approximate surface area is 111 Å². The van der Waals surface area contributed by atoms with Crippen LogP contribution in [0.2, 0.25) is 0 Å². The summed E-state index contributed by atoms with van der Waals surface area (Å²) in [7, 11) is 0. The lowest BCUT2D eigenvalue weighted by Gasteiger charge is -2.27. The molecule has 3 heteroatoms. The van der Waals surface area contributed by atoms with Crippen LogP contribution in [0.4, 0.5) is 4.39 Å². The fraction of sp³-hybridized carbons (Fsp3) is 0.571. The Balaban J connectivity index is 1.86. The highest BCUT2D eigenvalue weighted by Crippen LogP contribution is 2.24. The number of hydrogen-bond donors (Lipinski definition) is 1. The lowest BCUT2D eigenvalue weighted by atomic mass is 9.87. The zero-order valence-electron chi connectivity index (χ0n) is 10.2. The molecular weight excluding hydrogens is 281 g/mol. The summed E-state index contributed by atoms with van der Waals surface area (Å²) in [6.45, 7) is 3.15. The second-order valence-electron chi connectivity index (χ2n) is 5.10. The van der Waals surface area contributed by atoms with Crippen LogP contribution in [0.5, 0.6) is 0 Å². The molecule has 0 saturated heterocycles. The normalized spacial score (nSPS) is 24.9. The van der Waals surface area contributed by atoms with E-state index < -0.39 is 0 Å². The van der Waals surface area contributed by atoms with Crippen LogP contribution in [-0.2, 0) is 6.54 Å². The van der Waals surface area contributed by atoms with Crippen LogP contribution in [0.3, 0.4) is 0 Å². The number of benzene rings is 1. The lowest BCUT2D eigenvalue weighted by molar-refractivity contribution is 0.300. The van der Waals surface area contributed by atoms with Gasteiger partial charge in [-0.25, -0.2) is 4.39 Å². The summed E-state index contributed by atoms with van der Waals surface area (Å²) in [6.07, 6.45) is 5.22. The first kappa shape index (κ1) is 13.0. The maximum absolute atomic E-state index is 13.1. The van der Waals surface area contributed by atoms with Gasteiger partial charge in [-0.3, -0.25) is 0 Å². The molecule has 1 fully saturated rings.